The molecular formula is C24H17ClN6O. The zero-order valence-electron chi connectivity index (χ0n) is 17.1. The molecule has 0 bridgehead atoms. The van der Waals surface area contributed by atoms with Gasteiger partial charge in [-0.05, 0) is 23.8 Å². The molecule has 8 heteroatoms. The Hall–Kier alpha value is -3.99. The smallest absolute Gasteiger partial charge is 0.272 e. The monoisotopic (exact) mass is 440 g/mol. The summed E-state index contributed by atoms with van der Waals surface area (Å²) in [7, 11) is 1.82. The Labute approximate surface area is 187 Å². The number of fused-ring (bicyclic) bond motifs is 2. The first kappa shape index (κ1) is 19.9. The standard InChI is InChI=1S/C24H17ClN6O/c1-31-23(18-9-21(25)15-5-3-2-4-14(15)19(18)10-26)20(12-28-31)13-6-7-16-17(8-13)22(11-27)29-30-24(16)32/h2-9,12H,11,27H2,1H3,(H,30,32). The van der Waals surface area contributed by atoms with Gasteiger partial charge in [-0.25, -0.2) is 5.10 Å². The number of nitriles is 1. The lowest BCUT2D eigenvalue weighted by atomic mass is 9.93. The van der Waals surface area contributed by atoms with E-state index in [-0.39, 0.29) is 12.1 Å². The second kappa shape index (κ2) is 7.61. The van der Waals surface area contributed by atoms with E-state index in [2.05, 4.69) is 21.4 Å². The Balaban J connectivity index is 1.81. The fourth-order valence-corrected chi connectivity index (χ4v) is 4.42. The molecule has 5 aromatic rings. The van der Waals surface area contributed by atoms with Gasteiger partial charge in [0.05, 0.1) is 28.5 Å². The van der Waals surface area contributed by atoms with Crippen LogP contribution in [0.15, 0.2) is 59.5 Å². The number of aromatic amines is 1. The van der Waals surface area contributed by atoms with Crippen molar-refractivity contribution >= 4 is 33.1 Å². The second-order valence-electron chi connectivity index (χ2n) is 7.43. The molecule has 2 aromatic heterocycles. The van der Waals surface area contributed by atoms with E-state index >= 15 is 0 Å². The van der Waals surface area contributed by atoms with Gasteiger partial charge < -0.3 is 5.73 Å². The van der Waals surface area contributed by atoms with Crippen LogP contribution < -0.4 is 11.3 Å². The zero-order chi connectivity index (χ0) is 22.4. The molecule has 156 valence electrons. The number of aryl methyl sites for hydroxylation is 1. The third-order valence-electron chi connectivity index (χ3n) is 5.67. The highest BCUT2D eigenvalue weighted by Crippen LogP contribution is 2.39. The summed E-state index contributed by atoms with van der Waals surface area (Å²) >= 11 is 6.59. The molecule has 0 aliphatic rings. The van der Waals surface area contributed by atoms with Gasteiger partial charge in [-0.3, -0.25) is 9.48 Å². The lowest BCUT2D eigenvalue weighted by Gasteiger charge is -2.13. The highest BCUT2D eigenvalue weighted by Gasteiger charge is 2.20. The summed E-state index contributed by atoms with van der Waals surface area (Å²) in [6.45, 7) is 0.190. The molecule has 0 saturated heterocycles. The first-order valence-electron chi connectivity index (χ1n) is 9.89. The van der Waals surface area contributed by atoms with Gasteiger partial charge in [0, 0.05) is 45.9 Å². The molecule has 0 saturated carbocycles. The minimum Gasteiger partial charge on any atom is -0.325 e. The summed E-state index contributed by atoms with van der Waals surface area (Å²) in [6, 6.07) is 17.2. The number of benzene rings is 3. The minimum absolute atomic E-state index is 0.190. The number of nitrogens with one attached hydrogen (secondary N) is 1. The molecule has 0 atom stereocenters. The Morgan fingerprint density at radius 1 is 1.09 bits per heavy atom. The molecule has 0 aliphatic heterocycles. The van der Waals surface area contributed by atoms with Crippen molar-refractivity contribution in [1.29, 1.82) is 5.26 Å². The molecule has 0 unspecified atom stereocenters. The SMILES string of the molecule is Cn1ncc(-c2ccc3c(=O)[nH]nc(CN)c3c2)c1-c1cc(Cl)c2ccccc2c1C#N. The normalized spacial score (nSPS) is 11.2. The fraction of sp³-hybridized carbons (Fsp3) is 0.0833. The maximum Gasteiger partial charge on any atom is 0.272 e. The number of halogens is 1. The van der Waals surface area contributed by atoms with Gasteiger partial charge in [-0.1, -0.05) is 41.9 Å². The maximum atomic E-state index is 12.2. The summed E-state index contributed by atoms with van der Waals surface area (Å²) in [5, 5.41) is 24.4. The van der Waals surface area contributed by atoms with Crippen molar-refractivity contribution in [2.45, 2.75) is 6.54 Å². The van der Waals surface area contributed by atoms with E-state index in [1.807, 2.05) is 49.5 Å². The van der Waals surface area contributed by atoms with Gasteiger partial charge in [-0.15, -0.1) is 0 Å². The van der Waals surface area contributed by atoms with Gasteiger partial charge >= 0.3 is 0 Å². The minimum atomic E-state index is -0.275. The average molecular weight is 441 g/mol. The Kier molecular flexibility index (Phi) is 4.74. The van der Waals surface area contributed by atoms with Crippen molar-refractivity contribution in [1.82, 2.24) is 20.0 Å². The highest BCUT2D eigenvalue weighted by molar-refractivity contribution is 6.36. The third-order valence-corrected chi connectivity index (χ3v) is 5.98. The van der Waals surface area contributed by atoms with E-state index < -0.39 is 0 Å². The van der Waals surface area contributed by atoms with Gasteiger partial charge in [0.1, 0.15) is 6.07 Å². The van der Waals surface area contributed by atoms with Gasteiger partial charge in [-0.2, -0.15) is 15.5 Å². The number of hydrogen-bond acceptors (Lipinski definition) is 5. The van der Waals surface area contributed by atoms with Crippen LogP contribution in [0.1, 0.15) is 11.3 Å². The molecular weight excluding hydrogens is 424 g/mol. The van der Waals surface area contributed by atoms with Crippen LogP contribution in [0.3, 0.4) is 0 Å². The molecule has 0 aliphatic carbocycles. The number of aromatic nitrogens is 4. The first-order valence-corrected chi connectivity index (χ1v) is 10.3. The van der Waals surface area contributed by atoms with Crippen LogP contribution >= 0.6 is 11.6 Å². The van der Waals surface area contributed by atoms with E-state index in [9.17, 15) is 10.1 Å². The predicted octanol–water partition coefficient (Wildman–Crippen LogP) is 4.13. The third kappa shape index (κ3) is 2.97. The molecule has 0 fully saturated rings. The summed E-state index contributed by atoms with van der Waals surface area (Å²) in [6.07, 6.45) is 1.74. The van der Waals surface area contributed by atoms with Gasteiger partial charge in [0.2, 0.25) is 0 Å². The highest BCUT2D eigenvalue weighted by atomic mass is 35.5. The Morgan fingerprint density at radius 2 is 1.88 bits per heavy atom. The summed E-state index contributed by atoms with van der Waals surface area (Å²) in [5.74, 6) is 0. The number of hydrogen-bond donors (Lipinski definition) is 2. The van der Waals surface area contributed by atoms with Gasteiger partial charge in [0.15, 0.2) is 0 Å². The molecule has 3 N–H and O–H groups in total. The van der Waals surface area contributed by atoms with Crippen molar-refractivity contribution in [2.24, 2.45) is 12.8 Å². The topological polar surface area (TPSA) is 113 Å². The Morgan fingerprint density at radius 3 is 2.62 bits per heavy atom. The number of nitrogens with zero attached hydrogens (tertiary/aromatic N) is 4. The van der Waals surface area contributed by atoms with E-state index in [1.165, 1.54) is 0 Å². The molecule has 0 radical (unpaired) electrons. The summed E-state index contributed by atoms with van der Waals surface area (Å²) < 4.78 is 1.72. The summed E-state index contributed by atoms with van der Waals surface area (Å²) in [4.78, 5) is 12.2. The molecule has 32 heavy (non-hydrogen) atoms. The van der Waals surface area contributed by atoms with Crippen LogP contribution in [0.4, 0.5) is 0 Å². The lowest BCUT2D eigenvalue weighted by molar-refractivity contribution is 0.776. The molecule has 0 spiro atoms. The maximum absolute atomic E-state index is 12.2. The van der Waals surface area contributed by atoms with Crippen molar-refractivity contribution < 1.29 is 0 Å². The van der Waals surface area contributed by atoms with Crippen molar-refractivity contribution in [3.8, 4) is 28.5 Å². The average Bonchev–Trinajstić information content (AvgIpc) is 3.20. The predicted molar refractivity (Wildman–Crippen MR) is 125 cm³/mol. The number of rotatable bonds is 3. The molecule has 5 rings (SSSR count). The largest absolute Gasteiger partial charge is 0.325 e. The van der Waals surface area contributed by atoms with Crippen LogP contribution in [0.25, 0.3) is 43.9 Å². The van der Waals surface area contributed by atoms with Crippen molar-refractivity contribution in [3.05, 3.63) is 81.4 Å². The van der Waals surface area contributed by atoms with E-state index in [0.717, 1.165) is 27.6 Å². The quantitative estimate of drug-likeness (QED) is 0.438. The molecule has 2 heterocycles. The van der Waals surface area contributed by atoms with Crippen LogP contribution in [0.5, 0.6) is 0 Å². The number of H-pyrrole nitrogens is 1. The van der Waals surface area contributed by atoms with Crippen molar-refractivity contribution in [2.75, 3.05) is 0 Å². The van der Waals surface area contributed by atoms with Crippen LogP contribution in [0, 0.1) is 11.3 Å². The van der Waals surface area contributed by atoms with E-state index in [0.29, 0.717) is 32.6 Å². The number of nitrogens with two attached hydrogens (primary N) is 1. The van der Waals surface area contributed by atoms with Crippen LogP contribution in [0.2, 0.25) is 5.02 Å². The summed E-state index contributed by atoms with van der Waals surface area (Å²) in [5.41, 5.74) is 9.76. The van der Waals surface area contributed by atoms with Crippen LogP contribution in [-0.4, -0.2) is 20.0 Å². The van der Waals surface area contributed by atoms with Gasteiger partial charge in [0.25, 0.3) is 5.56 Å². The molecule has 0 amide bonds. The Bertz CT molecular complexity index is 1630. The first-order chi connectivity index (χ1) is 15.5. The van der Waals surface area contributed by atoms with Crippen LogP contribution in [-0.2, 0) is 13.6 Å². The lowest BCUT2D eigenvalue weighted by Crippen LogP contribution is -2.13. The van der Waals surface area contributed by atoms with E-state index in [4.69, 9.17) is 17.3 Å². The molecule has 7 nitrogen and oxygen atoms in total. The zero-order valence-corrected chi connectivity index (χ0v) is 17.8. The van der Waals surface area contributed by atoms with E-state index in [1.54, 1.807) is 16.9 Å². The van der Waals surface area contributed by atoms with Crippen molar-refractivity contribution in [3.63, 3.8) is 0 Å². The molecule has 3 aromatic carbocycles. The fourth-order valence-electron chi connectivity index (χ4n) is 4.15. The second-order valence-corrected chi connectivity index (χ2v) is 7.84.